The number of benzene rings is 2. The van der Waals surface area contributed by atoms with E-state index in [1.807, 2.05) is 18.2 Å². The summed E-state index contributed by atoms with van der Waals surface area (Å²) >= 11 is 0. The van der Waals surface area contributed by atoms with Crippen LogP contribution >= 0.6 is 0 Å². The molecule has 0 aliphatic heterocycles. The number of nitrogens with one attached hydrogen (secondary N) is 2. The number of urea groups is 1. The molecule has 2 N–H and O–H groups in total. The summed E-state index contributed by atoms with van der Waals surface area (Å²) in [6, 6.07) is 11.2. The lowest BCUT2D eigenvalue weighted by molar-refractivity contribution is -0.137. The van der Waals surface area contributed by atoms with Gasteiger partial charge in [-0.15, -0.1) is 0 Å². The van der Waals surface area contributed by atoms with E-state index in [0.717, 1.165) is 60.2 Å². The van der Waals surface area contributed by atoms with Crippen molar-refractivity contribution in [2.45, 2.75) is 76.8 Å². The molecule has 6 heteroatoms. The van der Waals surface area contributed by atoms with Crippen molar-refractivity contribution in [1.82, 2.24) is 5.32 Å². The molecule has 2 aromatic rings. The maximum absolute atomic E-state index is 13.0. The molecule has 32 heavy (non-hydrogen) atoms. The normalized spacial score (nSPS) is 15.9. The van der Waals surface area contributed by atoms with Gasteiger partial charge in [0, 0.05) is 17.6 Å². The standard InChI is InChI=1S/C26H33F3N2O/c1-17(2)21-8-7-9-22(18(3)4)23(21)31-24(32)30-16-25(14-5-6-15-25)19-10-12-20(13-11-19)26(27,28)29/h7-13,17-18H,5-6,14-16H2,1-4H3,(H2,30,31,32). The second kappa shape index (κ2) is 9.55. The summed E-state index contributed by atoms with van der Waals surface area (Å²) in [6.07, 6.45) is -0.662. The molecule has 0 unspecified atom stereocenters. The molecule has 0 radical (unpaired) electrons. The van der Waals surface area contributed by atoms with E-state index in [1.54, 1.807) is 12.1 Å². The Hall–Kier alpha value is -2.50. The molecule has 2 aromatic carbocycles. The summed E-state index contributed by atoms with van der Waals surface area (Å²) in [5.74, 6) is 0.523. The second-order valence-electron chi connectivity index (χ2n) is 9.49. The van der Waals surface area contributed by atoms with Gasteiger partial charge in [-0.3, -0.25) is 0 Å². The van der Waals surface area contributed by atoms with Crippen molar-refractivity contribution in [1.29, 1.82) is 0 Å². The van der Waals surface area contributed by atoms with Crippen molar-refractivity contribution < 1.29 is 18.0 Å². The summed E-state index contributed by atoms with van der Waals surface area (Å²) in [4.78, 5) is 12.9. The number of rotatable bonds is 6. The Labute approximate surface area is 188 Å². The van der Waals surface area contributed by atoms with Crippen molar-refractivity contribution >= 4 is 11.7 Å². The minimum absolute atomic E-state index is 0.261. The largest absolute Gasteiger partial charge is 0.416 e. The molecule has 174 valence electrons. The lowest BCUT2D eigenvalue weighted by atomic mass is 9.78. The number of hydrogen-bond acceptors (Lipinski definition) is 1. The molecule has 0 saturated heterocycles. The third-order valence-electron chi connectivity index (χ3n) is 6.58. The lowest BCUT2D eigenvalue weighted by Gasteiger charge is -2.30. The molecule has 3 nitrogen and oxygen atoms in total. The number of hydrogen-bond donors (Lipinski definition) is 2. The van der Waals surface area contributed by atoms with E-state index < -0.39 is 11.7 Å². The molecular weight excluding hydrogens is 413 g/mol. The summed E-state index contributed by atoms with van der Waals surface area (Å²) in [7, 11) is 0. The molecule has 1 saturated carbocycles. The number of carbonyl (C=O) groups excluding carboxylic acids is 1. The van der Waals surface area contributed by atoms with E-state index in [-0.39, 0.29) is 23.3 Å². The fourth-order valence-electron chi connectivity index (χ4n) is 4.73. The minimum Gasteiger partial charge on any atom is -0.337 e. The molecule has 1 aliphatic carbocycles. The molecule has 3 rings (SSSR count). The van der Waals surface area contributed by atoms with Crippen molar-refractivity contribution in [3.8, 4) is 0 Å². The summed E-state index contributed by atoms with van der Waals surface area (Å²) in [5, 5.41) is 6.08. The molecule has 0 heterocycles. The predicted molar refractivity (Wildman–Crippen MR) is 123 cm³/mol. The van der Waals surface area contributed by atoms with E-state index in [9.17, 15) is 18.0 Å². The summed E-state index contributed by atoms with van der Waals surface area (Å²) in [5.41, 5.74) is 2.90. The molecule has 0 aromatic heterocycles. The zero-order valence-electron chi connectivity index (χ0n) is 19.3. The van der Waals surface area contributed by atoms with E-state index in [0.29, 0.717) is 6.54 Å². The molecule has 1 fully saturated rings. The Morgan fingerprint density at radius 2 is 1.47 bits per heavy atom. The van der Waals surface area contributed by atoms with Gasteiger partial charge in [-0.2, -0.15) is 13.2 Å². The molecule has 0 bridgehead atoms. The molecule has 1 aliphatic rings. The molecular formula is C26H33F3N2O. The van der Waals surface area contributed by atoms with Crippen LogP contribution in [0.15, 0.2) is 42.5 Å². The third kappa shape index (κ3) is 5.28. The van der Waals surface area contributed by atoms with Gasteiger partial charge in [-0.1, -0.05) is 70.9 Å². The molecule has 0 spiro atoms. The van der Waals surface area contributed by atoms with Gasteiger partial charge in [0.15, 0.2) is 0 Å². The number of alkyl halides is 3. The highest BCUT2D eigenvalue weighted by molar-refractivity contribution is 5.91. The van der Waals surface area contributed by atoms with Crippen LogP contribution in [0.25, 0.3) is 0 Å². The van der Waals surface area contributed by atoms with Crippen LogP contribution in [-0.4, -0.2) is 12.6 Å². The molecule has 2 amide bonds. The van der Waals surface area contributed by atoms with E-state index >= 15 is 0 Å². The third-order valence-corrected chi connectivity index (χ3v) is 6.58. The van der Waals surface area contributed by atoms with Crippen LogP contribution in [0.1, 0.15) is 87.5 Å². The maximum Gasteiger partial charge on any atom is 0.416 e. The van der Waals surface area contributed by atoms with Gasteiger partial charge in [-0.25, -0.2) is 4.79 Å². The predicted octanol–water partition coefficient (Wildman–Crippen LogP) is 7.59. The van der Waals surface area contributed by atoms with Crippen LogP contribution in [0.5, 0.6) is 0 Å². The van der Waals surface area contributed by atoms with Crippen molar-refractivity contribution in [2.24, 2.45) is 0 Å². The van der Waals surface area contributed by atoms with Crippen LogP contribution in [0.3, 0.4) is 0 Å². The van der Waals surface area contributed by atoms with E-state index in [2.05, 4.69) is 38.3 Å². The second-order valence-corrected chi connectivity index (χ2v) is 9.49. The van der Waals surface area contributed by atoms with Crippen LogP contribution < -0.4 is 10.6 Å². The first-order chi connectivity index (χ1) is 15.0. The van der Waals surface area contributed by atoms with Gasteiger partial charge < -0.3 is 10.6 Å². The van der Waals surface area contributed by atoms with Gasteiger partial charge in [0.1, 0.15) is 0 Å². The number of amides is 2. The fourth-order valence-corrected chi connectivity index (χ4v) is 4.73. The van der Waals surface area contributed by atoms with E-state index in [1.165, 1.54) is 0 Å². The first-order valence-corrected chi connectivity index (χ1v) is 11.4. The van der Waals surface area contributed by atoms with Crippen molar-refractivity contribution in [3.63, 3.8) is 0 Å². The van der Waals surface area contributed by atoms with Crippen molar-refractivity contribution in [3.05, 3.63) is 64.7 Å². The van der Waals surface area contributed by atoms with Crippen LogP contribution in [0, 0.1) is 0 Å². The van der Waals surface area contributed by atoms with Crippen LogP contribution in [0.4, 0.5) is 23.7 Å². The first-order valence-electron chi connectivity index (χ1n) is 11.4. The van der Waals surface area contributed by atoms with Crippen LogP contribution in [0.2, 0.25) is 0 Å². The zero-order chi connectivity index (χ0) is 23.5. The average molecular weight is 447 g/mol. The lowest BCUT2D eigenvalue weighted by Crippen LogP contribution is -2.41. The highest BCUT2D eigenvalue weighted by atomic mass is 19.4. The van der Waals surface area contributed by atoms with E-state index in [4.69, 9.17) is 0 Å². The summed E-state index contributed by atoms with van der Waals surface area (Å²) < 4.78 is 38.9. The Bertz CT molecular complexity index is 901. The fraction of sp³-hybridized carbons (Fsp3) is 0.500. The van der Waals surface area contributed by atoms with Gasteiger partial charge in [0.2, 0.25) is 0 Å². The number of anilines is 1. The zero-order valence-corrected chi connectivity index (χ0v) is 19.3. The smallest absolute Gasteiger partial charge is 0.337 e. The quantitative estimate of drug-likeness (QED) is 0.472. The Kier molecular flexibility index (Phi) is 7.21. The number of carbonyl (C=O) groups is 1. The Morgan fingerprint density at radius 1 is 0.938 bits per heavy atom. The number of para-hydroxylation sites is 1. The van der Waals surface area contributed by atoms with Crippen LogP contribution in [-0.2, 0) is 11.6 Å². The highest BCUT2D eigenvalue weighted by Crippen LogP contribution is 2.42. The van der Waals surface area contributed by atoms with Crippen molar-refractivity contribution in [2.75, 3.05) is 11.9 Å². The average Bonchev–Trinajstić information content (AvgIpc) is 3.22. The van der Waals surface area contributed by atoms with Gasteiger partial charge in [0.25, 0.3) is 0 Å². The Balaban J connectivity index is 1.77. The minimum atomic E-state index is -4.35. The molecule has 0 atom stereocenters. The van der Waals surface area contributed by atoms with Gasteiger partial charge >= 0.3 is 12.2 Å². The van der Waals surface area contributed by atoms with Gasteiger partial charge in [0.05, 0.1) is 5.56 Å². The number of halogens is 3. The summed E-state index contributed by atoms with van der Waals surface area (Å²) in [6.45, 7) is 8.79. The Morgan fingerprint density at radius 3 is 1.94 bits per heavy atom. The topological polar surface area (TPSA) is 41.1 Å². The van der Waals surface area contributed by atoms with Gasteiger partial charge in [-0.05, 0) is 53.5 Å². The monoisotopic (exact) mass is 446 g/mol. The maximum atomic E-state index is 13.0. The SMILES string of the molecule is CC(C)c1cccc(C(C)C)c1NC(=O)NCC1(c2ccc(C(F)(F)F)cc2)CCCC1. The highest BCUT2D eigenvalue weighted by Gasteiger charge is 2.37. The first kappa shape index (κ1) is 24.1.